The van der Waals surface area contributed by atoms with Crippen molar-refractivity contribution in [1.82, 2.24) is 5.32 Å². The molecular formula is C13H19N3O. The molecule has 4 heteroatoms. The standard InChI is InChI=1S/C13H19N3O/c1-4-9-14-13(17)10-15-11-5-7-12(8-6-11)16(2)3/h4-8,15H,1,9-10H2,2-3H3,(H,14,17). The lowest BCUT2D eigenvalue weighted by Crippen LogP contribution is -2.29. The van der Waals surface area contributed by atoms with Gasteiger partial charge in [0.25, 0.3) is 0 Å². The Balaban J connectivity index is 2.41. The highest BCUT2D eigenvalue weighted by atomic mass is 16.1. The number of anilines is 2. The maximum absolute atomic E-state index is 11.3. The average Bonchev–Trinajstić information content (AvgIpc) is 2.34. The van der Waals surface area contributed by atoms with Crippen molar-refractivity contribution in [3.63, 3.8) is 0 Å². The summed E-state index contributed by atoms with van der Waals surface area (Å²) in [5.74, 6) is -0.0402. The van der Waals surface area contributed by atoms with Gasteiger partial charge < -0.3 is 15.5 Å². The quantitative estimate of drug-likeness (QED) is 0.731. The Hall–Kier alpha value is -1.97. The molecule has 0 fully saturated rings. The smallest absolute Gasteiger partial charge is 0.239 e. The first-order valence-electron chi connectivity index (χ1n) is 5.52. The van der Waals surface area contributed by atoms with Crippen LogP contribution in [-0.4, -0.2) is 33.1 Å². The Morgan fingerprint density at radius 3 is 2.53 bits per heavy atom. The van der Waals surface area contributed by atoms with Crippen molar-refractivity contribution >= 4 is 17.3 Å². The maximum atomic E-state index is 11.3. The fourth-order valence-corrected chi connectivity index (χ4v) is 1.31. The van der Waals surface area contributed by atoms with E-state index in [0.717, 1.165) is 11.4 Å². The molecule has 0 aromatic heterocycles. The van der Waals surface area contributed by atoms with Crippen molar-refractivity contribution < 1.29 is 4.79 Å². The number of benzene rings is 1. The molecule has 1 aromatic rings. The van der Waals surface area contributed by atoms with Crippen LogP contribution in [0.2, 0.25) is 0 Å². The van der Waals surface area contributed by atoms with Crippen LogP contribution in [0.4, 0.5) is 11.4 Å². The number of carbonyl (C=O) groups is 1. The molecule has 0 radical (unpaired) electrons. The van der Waals surface area contributed by atoms with Crippen LogP contribution in [0.25, 0.3) is 0 Å². The molecule has 0 aliphatic heterocycles. The minimum absolute atomic E-state index is 0.0402. The van der Waals surface area contributed by atoms with Gasteiger partial charge in [-0.3, -0.25) is 4.79 Å². The molecule has 0 aliphatic rings. The number of hydrogen-bond acceptors (Lipinski definition) is 3. The van der Waals surface area contributed by atoms with Crippen LogP contribution >= 0.6 is 0 Å². The molecular weight excluding hydrogens is 214 g/mol. The number of carbonyl (C=O) groups excluding carboxylic acids is 1. The lowest BCUT2D eigenvalue weighted by Gasteiger charge is -2.13. The van der Waals surface area contributed by atoms with Crippen molar-refractivity contribution in [2.24, 2.45) is 0 Å². The second kappa shape index (κ2) is 6.58. The summed E-state index contributed by atoms with van der Waals surface area (Å²) in [6.07, 6.45) is 1.66. The summed E-state index contributed by atoms with van der Waals surface area (Å²) in [7, 11) is 3.98. The summed E-state index contributed by atoms with van der Waals surface area (Å²) in [4.78, 5) is 13.3. The van der Waals surface area contributed by atoms with Crippen LogP contribution < -0.4 is 15.5 Å². The SMILES string of the molecule is C=CCNC(=O)CNc1ccc(N(C)C)cc1. The molecule has 0 heterocycles. The highest BCUT2D eigenvalue weighted by molar-refractivity contribution is 5.80. The molecule has 92 valence electrons. The number of hydrogen-bond donors (Lipinski definition) is 2. The van der Waals surface area contributed by atoms with E-state index >= 15 is 0 Å². The Labute approximate surface area is 102 Å². The molecule has 0 atom stereocenters. The van der Waals surface area contributed by atoms with Crippen LogP contribution in [-0.2, 0) is 4.79 Å². The first kappa shape index (κ1) is 13.1. The molecule has 1 aromatic carbocycles. The van der Waals surface area contributed by atoms with Gasteiger partial charge in [-0.15, -0.1) is 6.58 Å². The summed E-state index contributed by atoms with van der Waals surface area (Å²) in [6, 6.07) is 7.92. The van der Waals surface area contributed by atoms with Crippen molar-refractivity contribution in [3.05, 3.63) is 36.9 Å². The fraction of sp³-hybridized carbons (Fsp3) is 0.308. The predicted octanol–water partition coefficient (Wildman–Crippen LogP) is 1.47. The summed E-state index contributed by atoms with van der Waals surface area (Å²) in [6.45, 7) is 4.31. The van der Waals surface area contributed by atoms with E-state index in [0.29, 0.717) is 6.54 Å². The zero-order valence-corrected chi connectivity index (χ0v) is 10.4. The molecule has 1 amide bonds. The Morgan fingerprint density at radius 1 is 1.35 bits per heavy atom. The summed E-state index contributed by atoms with van der Waals surface area (Å²) < 4.78 is 0. The summed E-state index contributed by atoms with van der Waals surface area (Å²) in [5.41, 5.74) is 2.07. The van der Waals surface area contributed by atoms with Gasteiger partial charge in [0.15, 0.2) is 0 Å². The van der Waals surface area contributed by atoms with E-state index in [1.54, 1.807) is 6.08 Å². The number of rotatable bonds is 6. The molecule has 0 saturated heterocycles. The summed E-state index contributed by atoms with van der Waals surface area (Å²) >= 11 is 0. The molecule has 0 aliphatic carbocycles. The highest BCUT2D eigenvalue weighted by Gasteiger charge is 1.99. The lowest BCUT2D eigenvalue weighted by atomic mass is 10.2. The molecule has 4 nitrogen and oxygen atoms in total. The van der Waals surface area contributed by atoms with E-state index in [1.807, 2.05) is 43.3 Å². The third-order valence-electron chi connectivity index (χ3n) is 2.28. The van der Waals surface area contributed by atoms with Gasteiger partial charge in [0, 0.05) is 32.0 Å². The van der Waals surface area contributed by atoms with E-state index in [9.17, 15) is 4.79 Å². The van der Waals surface area contributed by atoms with Crippen LogP contribution in [0.1, 0.15) is 0 Å². The van der Waals surface area contributed by atoms with Crippen molar-refractivity contribution in [2.75, 3.05) is 37.4 Å². The Morgan fingerprint density at radius 2 is 2.00 bits per heavy atom. The fourth-order valence-electron chi connectivity index (χ4n) is 1.31. The third-order valence-corrected chi connectivity index (χ3v) is 2.28. The largest absolute Gasteiger partial charge is 0.378 e. The van der Waals surface area contributed by atoms with Gasteiger partial charge in [-0.1, -0.05) is 6.08 Å². The van der Waals surface area contributed by atoms with Gasteiger partial charge in [-0.25, -0.2) is 0 Å². The third kappa shape index (κ3) is 4.59. The van der Waals surface area contributed by atoms with Gasteiger partial charge >= 0.3 is 0 Å². The van der Waals surface area contributed by atoms with Gasteiger partial charge in [0.05, 0.1) is 6.54 Å². The molecule has 0 unspecified atom stereocenters. The Bertz CT molecular complexity index is 371. The van der Waals surface area contributed by atoms with Crippen LogP contribution in [0.15, 0.2) is 36.9 Å². The molecule has 17 heavy (non-hydrogen) atoms. The topological polar surface area (TPSA) is 44.4 Å². The Kier molecular flexibility index (Phi) is 5.07. The second-order valence-corrected chi connectivity index (χ2v) is 3.89. The van der Waals surface area contributed by atoms with Crippen LogP contribution in [0.5, 0.6) is 0 Å². The highest BCUT2D eigenvalue weighted by Crippen LogP contribution is 2.15. The molecule has 2 N–H and O–H groups in total. The lowest BCUT2D eigenvalue weighted by molar-refractivity contribution is -0.119. The maximum Gasteiger partial charge on any atom is 0.239 e. The van der Waals surface area contributed by atoms with Gasteiger partial charge in [-0.2, -0.15) is 0 Å². The zero-order chi connectivity index (χ0) is 12.7. The second-order valence-electron chi connectivity index (χ2n) is 3.89. The minimum atomic E-state index is -0.0402. The zero-order valence-electron chi connectivity index (χ0n) is 10.4. The van der Waals surface area contributed by atoms with Crippen molar-refractivity contribution in [1.29, 1.82) is 0 Å². The van der Waals surface area contributed by atoms with Crippen LogP contribution in [0, 0.1) is 0 Å². The van der Waals surface area contributed by atoms with Crippen molar-refractivity contribution in [2.45, 2.75) is 0 Å². The van der Waals surface area contributed by atoms with Gasteiger partial charge in [0.2, 0.25) is 5.91 Å². The van der Waals surface area contributed by atoms with Gasteiger partial charge in [0.1, 0.15) is 0 Å². The molecule has 0 saturated carbocycles. The molecule has 0 spiro atoms. The monoisotopic (exact) mass is 233 g/mol. The van der Waals surface area contributed by atoms with Crippen LogP contribution in [0.3, 0.4) is 0 Å². The normalized spacial score (nSPS) is 9.53. The predicted molar refractivity (Wildman–Crippen MR) is 72.5 cm³/mol. The first-order chi connectivity index (χ1) is 8.13. The minimum Gasteiger partial charge on any atom is -0.378 e. The van der Waals surface area contributed by atoms with E-state index in [2.05, 4.69) is 17.2 Å². The van der Waals surface area contributed by atoms with E-state index in [1.165, 1.54) is 0 Å². The number of nitrogens with one attached hydrogen (secondary N) is 2. The van der Waals surface area contributed by atoms with Crippen molar-refractivity contribution in [3.8, 4) is 0 Å². The molecule has 1 rings (SSSR count). The van der Waals surface area contributed by atoms with Gasteiger partial charge in [-0.05, 0) is 24.3 Å². The summed E-state index contributed by atoms with van der Waals surface area (Å²) in [5, 5.41) is 5.76. The number of amides is 1. The van der Waals surface area contributed by atoms with E-state index < -0.39 is 0 Å². The molecule has 0 bridgehead atoms. The van der Waals surface area contributed by atoms with E-state index in [4.69, 9.17) is 0 Å². The average molecular weight is 233 g/mol. The first-order valence-corrected chi connectivity index (χ1v) is 5.52. The number of nitrogens with zero attached hydrogens (tertiary/aromatic N) is 1. The van der Waals surface area contributed by atoms with E-state index in [-0.39, 0.29) is 12.5 Å².